The molecule has 2 amide bonds. The van der Waals surface area contributed by atoms with E-state index in [1.807, 2.05) is 12.1 Å². The SMILES string of the molecule is NC(=O)C[C@H]1CN(C(=O)Cc2cccc(Cl)c2)CC[C@@H]1Oc1ccc(F)cc1. The highest BCUT2D eigenvalue weighted by Gasteiger charge is 2.34. The molecule has 0 bridgehead atoms. The molecule has 2 aromatic rings. The van der Waals surface area contributed by atoms with Crippen LogP contribution in [0.5, 0.6) is 5.75 Å². The number of benzene rings is 2. The lowest BCUT2D eigenvalue weighted by molar-refractivity contribution is -0.135. The number of piperidine rings is 1. The summed E-state index contributed by atoms with van der Waals surface area (Å²) in [7, 11) is 0. The van der Waals surface area contributed by atoms with Crippen molar-refractivity contribution in [2.45, 2.75) is 25.4 Å². The van der Waals surface area contributed by atoms with Crippen molar-refractivity contribution in [2.24, 2.45) is 11.7 Å². The maximum atomic E-state index is 13.1. The fraction of sp³-hybridized carbons (Fsp3) is 0.333. The molecule has 1 saturated heterocycles. The average Bonchev–Trinajstić information content (AvgIpc) is 2.64. The number of carbonyl (C=O) groups excluding carboxylic acids is 2. The maximum Gasteiger partial charge on any atom is 0.227 e. The first-order chi connectivity index (χ1) is 13.4. The van der Waals surface area contributed by atoms with Gasteiger partial charge in [0, 0.05) is 36.9 Å². The van der Waals surface area contributed by atoms with E-state index in [-0.39, 0.29) is 36.6 Å². The molecule has 2 N–H and O–H groups in total. The molecule has 0 spiro atoms. The van der Waals surface area contributed by atoms with Gasteiger partial charge in [-0.05, 0) is 42.0 Å². The van der Waals surface area contributed by atoms with Crippen molar-refractivity contribution in [1.29, 1.82) is 0 Å². The number of halogens is 2. The van der Waals surface area contributed by atoms with Crippen LogP contribution in [0.3, 0.4) is 0 Å². The second kappa shape index (κ2) is 9.06. The predicted molar refractivity (Wildman–Crippen MR) is 104 cm³/mol. The zero-order chi connectivity index (χ0) is 20.1. The molecule has 5 nitrogen and oxygen atoms in total. The van der Waals surface area contributed by atoms with Gasteiger partial charge in [0.25, 0.3) is 0 Å². The number of carbonyl (C=O) groups is 2. The van der Waals surface area contributed by atoms with Crippen LogP contribution >= 0.6 is 11.6 Å². The number of rotatable bonds is 6. The highest BCUT2D eigenvalue weighted by atomic mass is 35.5. The molecule has 0 radical (unpaired) electrons. The van der Waals surface area contributed by atoms with E-state index in [4.69, 9.17) is 22.1 Å². The molecule has 0 unspecified atom stereocenters. The topological polar surface area (TPSA) is 72.6 Å². The molecule has 148 valence electrons. The van der Waals surface area contributed by atoms with Crippen molar-refractivity contribution in [1.82, 2.24) is 4.90 Å². The van der Waals surface area contributed by atoms with Crippen LogP contribution in [0.15, 0.2) is 48.5 Å². The van der Waals surface area contributed by atoms with Gasteiger partial charge in [0.2, 0.25) is 11.8 Å². The first-order valence-electron chi connectivity index (χ1n) is 9.13. The summed E-state index contributed by atoms with van der Waals surface area (Å²) in [6.45, 7) is 0.898. The van der Waals surface area contributed by atoms with Crippen LogP contribution in [-0.2, 0) is 16.0 Å². The molecule has 7 heteroatoms. The van der Waals surface area contributed by atoms with Crippen LogP contribution in [-0.4, -0.2) is 35.9 Å². The van der Waals surface area contributed by atoms with E-state index in [0.29, 0.717) is 30.3 Å². The van der Waals surface area contributed by atoms with E-state index in [2.05, 4.69) is 0 Å². The third kappa shape index (κ3) is 5.45. The molecule has 0 aromatic heterocycles. The molecular formula is C21H22ClFN2O3. The zero-order valence-electron chi connectivity index (χ0n) is 15.3. The van der Waals surface area contributed by atoms with Crippen molar-refractivity contribution in [2.75, 3.05) is 13.1 Å². The Bertz CT molecular complexity index is 844. The lowest BCUT2D eigenvalue weighted by atomic mass is 9.90. The Balaban J connectivity index is 1.66. The highest BCUT2D eigenvalue weighted by Crippen LogP contribution is 2.26. The van der Waals surface area contributed by atoms with E-state index in [1.165, 1.54) is 12.1 Å². The van der Waals surface area contributed by atoms with Crippen molar-refractivity contribution in [3.8, 4) is 5.75 Å². The Hall–Kier alpha value is -2.60. The summed E-state index contributed by atoms with van der Waals surface area (Å²) in [5.74, 6) is -0.513. The van der Waals surface area contributed by atoms with Gasteiger partial charge in [-0.2, -0.15) is 0 Å². The van der Waals surface area contributed by atoms with E-state index in [9.17, 15) is 14.0 Å². The van der Waals surface area contributed by atoms with Crippen LogP contribution in [0.25, 0.3) is 0 Å². The molecular weight excluding hydrogens is 383 g/mol. The number of hydrogen-bond donors (Lipinski definition) is 1. The number of nitrogens with two attached hydrogens (primary N) is 1. The van der Waals surface area contributed by atoms with Gasteiger partial charge >= 0.3 is 0 Å². The molecule has 3 rings (SSSR count). The van der Waals surface area contributed by atoms with Crippen molar-refractivity contribution >= 4 is 23.4 Å². The molecule has 1 aliphatic heterocycles. The molecule has 1 fully saturated rings. The normalized spacial score (nSPS) is 19.3. The third-order valence-electron chi connectivity index (χ3n) is 4.83. The number of likely N-dealkylation sites (tertiary alicyclic amines) is 1. The van der Waals surface area contributed by atoms with E-state index >= 15 is 0 Å². The number of hydrogen-bond acceptors (Lipinski definition) is 3. The first kappa shape index (κ1) is 20.1. The molecule has 0 aliphatic carbocycles. The summed E-state index contributed by atoms with van der Waals surface area (Å²) in [6, 6.07) is 12.9. The number of nitrogens with zero attached hydrogens (tertiary/aromatic N) is 1. The fourth-order valence-corrected chi connectivity index (χ4v) is 3.68. The Morgan fingerprint density at radius 2 is 1.96 bits per heavy atom. The minimum Gasteiger partial charge on any atom is -0.490 e. The molecule has 28 heavy (non-hydrogen) atoms. The fourth-order valence-electron chi connectivity index (χ4n) is 3.47. The van der Waals surface area contributed by atoms with Gasteiger partial charge in [-0.15, -0.1) is 0 Å². The number of primary amides is 1. The zero-order valence-corrected chi connectivity index (χ0v) is 16.1. The van der Waals surface area contributed by atoms with Gasteiger partial charge in [-0.1, -0.05) is 23.7 Å². The smallest absolute Gasteiger partial charge is 0.227 e. The van der Waals surface area contributed by atoms with Crippen LogP contribution in [0, 0.1) is 11.7 Å². The highest BCUT2D eigenvalue weighted by molar-refractivity contribution is 6.30. The largest absolute Gasteiger partial charge is 0.490 e. The monoisotopic (exact) mass is 404 g/mol. The second-order valence-corrected chi connectivity index (χ2v) is 7.41. The van der Waals surface area contributed by atoms with Gasteiger partial charge in [0.15, 0.2) is 0 Å². The molecule has 2 atom stereocenters. The lowest BCUT2D eigenvalue weighted by Gasteiger charge is -2.38. The predicted octanol–water partition coefficient (Wildman–Crippen LogP) is 3.19. The summed E-state index contributed by atoms with van der Waals surface area (Å²) in [4.78, 5) is 25.9. The Labute approximate surface area is 168 Å². The van der Waals surface area contributed by atoms with Crippen LogP contribution in [0.1, 0.15) is 18.4 Å². The molecule has 2 aromatic carbocycles. The lowest BCUT2D eigenvalue weighted by Crippen LogP contribution is -2.49. The minimum atomic E-state index is -0.443. The van der Waals surface area contributed by atoms with Gasteiger partial charge in [0.1, 0.15) is 17.7 Å². The van der Waals surface area contributed by atoms with Gasteiger partial charge in [0.05, 0.1) is 6.42 Å². The quantitative estimate of drug-likeness (QED) is 0.803. The average molecular weight is 405 g/mol. The van der Waals surface area contributed by atoms with Crippen LogP contribution < -0.4 is 10.5 Å². The number of amides is 2. The van der Waals surface area contributed by atoms with Crippen molar-refractivity contribution in [3.05, 3.63) is 64.9 Å². The first-order valence-corrected chi connectivity index (χ1v) is 9.51. The Morgan fingerprint density at radius 3 is 2.64 bits per heavy atom. The van der Waals surface area contributed by atoms with Gasteiger partial charge in [-0.3, -0.25) is 9.59 Å². The number of ether oxygens (including phenoxy) is 1. The second-order valence-electron chi connectivity index (χ2n) is 6.98. The standard InChI is InChI=1S/C21H22ClFN2O3/c22-16-3-1-2-14(10-16)11-21(27)25-9-8-19(15(13-25)12-20(24)26)28-18-6-4-17(23)5-7-18/h1-7,10,15,19H,8-9,11-13H2,(H2,24,26)/t15-,19-/m0/s1. The van der Waals surface area contributed by atoms with Crippen LogP contribution in [0.4, 0.5) is 4.39 Å². The van der Waals surface area contributed by atoms with Crippen molar-refractivity contribution in [3.63, 3.8) is 0 Å². The molecule has 0 saturated carbocycles. The minimum absolute atomic E-state index is 0.0306. The summed E-state index contributed by atoms with van der Waals surface area (Å²) < 4.78 is 19.0. The van der Waals surface area contributed by atoms with Crippen molar-refractivity contribution < 1.29 is 18.7 Å². The van der Waals surface area contributed by atoms with E-state index in [1.54, 1.807) is 29.2 Å². The summed E-state index contributed by atoms with van der Waals surface area (Å²) in [5, 5.41) is 0.586. The van der Waals surface area contributed by atoms with Crippen LogP contribution in [0.2, 0.25) is 5.02 Å². The van der Waals surface area contributed by atoms with Gasteiger partial charge < -0.3 is 15.4 Å². The maximum absolute atomic E-state index is 13.1. The summed E-state index contributed by atoms with van der Waals surface area (Å²) in [5.41, 5.74) is 6.24. The Kier molecular flexibility index (Phi) is 6.52. The van der Waals surface area contributed by atoms with Gasteiger partial charge in [-0.25, -0.2) is 4.39 Å². The molecule has 1 aliphatic rings. The summed E-state index contributed by atoms with van der Waals surface area (Å²) >= 11 is 5.98. The Morgan fingerprint density at radius 1 is 1.21 bits per heavy atom. The third-order valence-corrected chi connectivity index (χ3v) is 5.06. The van der Waals surface area contributed by atoms with E-state index in [0.717, 1.165) is 5.56 Å². The molecule has 1 heterocycles. The summed E-state index contributed by atoms with van der Waals surface area (Å²) in [6.07, 6.45) is 0.657. The van der Waals surface area contributed by atoms with E-state index < -0.39 is 5.91 Å².